The van der Waals surface area contributed by atoms with Gasteiger partial charge in [0.15, 0.2) is 5.15 Å². The summed E-state index contributed by atoms with van der Waals surface area (Å²) >= 11 is 6.30. The van der Waals surface area contributed by atoms with Crippen LogP contribution in [0.15, 0.2) is 18.3 Å². The Labute approximate surface area is 134 Å². The monoisotopic (exact) mass is 315 g/mol. The van der Waals surface area contributed by atoms with E-state index in [2.05, 4.69) is 30.0 Å². The first-order chi connectivity index (χ1) is 10.4. The number of halogens is 1. The van der Waals surface area contributed by atoms with Gasteiger partial charge in [-0.25, -0.2) is 9.97 Å². The van der Waals surface area contributed by atoms with Gasteiger partial charge < -0.3 is 9.30 Å². The summed E-state index contributed by atoms with van der Waals surface area (Å²) < 4.78 is 7.33. The molecule has 0 bridgehead atoms. The van der Waals surface area contributed by atoms with Gasteiger partial charge in [0.1, 0.15) is 22.6 Å². The summed E-state index contributed by atoms with van der Waals surface area (Å²) in [5, 5.41) is 0.486. The van der Waals surface area contributed by atoms with Crippen LogP contribution in [-0.2, 0) is 7.05 Å². The molecule has 0 radical (unpaired) electrons. The molecule has 1 aromatic carbocycles. The number of aryl methyl sites for hydroxylation is 4. The van der Waals surface area contributed by atoms with Crippen LogP contribution in [0.2, 0.25) is 5.15 Å². The Hall–Kier alpha value is -2.07. The molecular formula is C17H18ClN3O. The van der Waals surface area contributed by atoms with Gasteiger partial charge in [-0.15, -0.1) is 0 Å². The lowest BCUT2D eigenvalue weighted by Crippen LogP contribution is -1.94. The Balaban J connectivity index is 2.37. The van der Waals surface area contributed by atoms with Crippen LogP contribution < -0.4 is 4.74 Å². The molecule has 2 aromatic heterocycles. The summed E-state index contributed by atoms with van der Waals surface area (Å²) in [7, 11) is 3.65. The van der Waals surface area contributed by atoms with E-state index in [1.165, 1.54) is 5.56 Å². The van der Waals surface area contributed by atoms with Crippen LogP contribution in [0.3, 0.4) is 0 Å². The highest BCUT2D eigenvalue weighted by molar-refractivity contribution is 6.34. The van der Waals surface area contributed by atoms with Gasteiger partial charge in [0.2, 0.25) is 0 Å². The van der Waals surface area contributed by atoms with Gasteiger partial charge >= 0.3 is 0 Å². The standard InChI is InChI=1S/C17H18ClN3O/c1-9-6-12(22-5)7-10(2)14(9)13-8-21(4)16-15(13)19-11(3)20-17(16)18/h6-8H,1-5H3. The van der Waals surface area contributed by atoms with Gasteiger partial charge in [0.05, 0.1) is 7.11 Å². The minimum Gasteiger partial charge on any atom is -0.497 e. The zero-order valence-corrected chi connectivity index (χ0v) is 14.1. The maximum atomic E-state index is 6.30. The number of aromatic nitrogens is 3. The third-order valence-corrected chi connectivity index (χ3v) is 4.16. The maximum Gasteiger partial charge on any atom is 0.157 e. The predicted octanol–water partition coefficient (Wildman–Crippen LogP) is 4.22. The van der Waals surface area contributed by atoms with Crippen molar-refractivity contribution in [3.8, 4) is 16.9 Å². The molecule has 0 aliphatic carbocycles. The van der Waals surface area contributed by atoms with Crippen LogP contribution in [0.1, 0.15) is 17.0 Å². The Morgan fingerprint density at radius 3 is 2.32 bits per heavy atom. The van der Waals surface area contributed by atoms with E-state index >= 15 is 0 Å². The van der Waals surface area contributed by atoms with Crippen LogP contribution in [0.4, 0.5) is 0 Å². The van der Waals surface area contributed by atoms with Crippen LogP contribution >= 0.6 is 11.6 Å². The molecule has 0 unspecified atom stereocenters. The second-order valence-electron chi connectivity index (χ2n) is 5.55. The summed E-state index contributed by atoms with van der Waals surface area (Å²) in [6, 6.07) is 4.08. The molecule has 0 N–H and O–H groups in total. The molecule has 0 aliphatic rings. The first kappa shape index (κ1) is 14.9. The van der Waals surface area contributed by atoms with E-state index in [0.29, 0.717) is 11.0 Å². The number of hydrogen-bond acceptors (Lipinski definition) is 3. The highest BCUT2D eigenvalue weighted by atomic mass is 35.5. The number of rotatable bonds is 2. The van der Waals surface area contributed by atoms with E-state index in [-0.39, 0.29) is 0 Å². The number of methoxy groups -OCH3 is 1. The van der Waals surface area contributed by atoms with Gasteiger partial charge in [0, 0.05) is 18.8 Å². The fraction of sp³-hybridized carbons (Fsp3) is 0.294. The van der Waals surface area contributed by atoms with Crippen molar-refractivity contribution in [2.75, 3.05) is 7.11 Å². The van der Waals surface area contributed by atoms with E-state index in [0.717, 1.165) is 33.5 Å². The van der Waals surface area contributed by atoms with Crippen LogP contribution in [-0.4, -0.2) is 21.6 Å². The summed E-state index contributed by atoms with van der Waals surface area (Å²) in [5.41, 5.74) is 6.28. The molecule has 5 heteroatoms. The molecular weight excluding hydrogens is 298 g/mol. The first-order valence-electron chi connectivity index (χ1n) is 7.07. The molecule has 4 nitrogen and oxygen atoms in total. The molecule has 0 saturated heterocycles. The average Bonchev–Trinajstić information content (AvgIpc) is 2.75. The molecule has 114 valence electrons. The summed E-state index contributed by atoms with van der Waals surface area (Å²) in [5.74, 6) is 1.54. The van der Waals surface area contributed by atoms with Crippen molar-refractivity contribution in [2.24, 2.45) is 7.05 Å². The molecule has 22 heavy (non-hydrogen) atoms. The summed E-state index contributed by atoms with van der Waals surface area (Å²) in [6.07, 6.45) is 2.06. The molecule has 2 heterocycles. The number of nitrogens with zero attached hydrogens (tertiary/aromatic N) is 3. The lowest BCUT2D eigenvalue weighted by Gasteiger charge is -2.11. The number of hydrogen-bond donors (Lipinski definition) is 0. The summed E-state index contributed by atoms with van der Waals surface area (Å²) in [6.45, 7) is 6.02. The smallest absolute Gasteiger partial charge is 0.157 e. The van der Waals surface area contributed by atoms with E-state index in [1.54, 1.807) is 7.11 Å². The van der Waals surface area contributed by atoms with Crippen molar-refractivity contribution in [3.63, 3.8) is 0 Å². The largest absolute Gasteiger partial charge is 0.497 e. The van der Waals surface area contributed by atoms with Gasteiger partial charge in [0.25, 0.3) is 0 Å². The predicted molar refractivity (Wildman–Crippen MR) is 89.7 cm³/mol. The number of benzene rings is 1. The Kier molecular flexibility index (Phi) is 3.57. The zero-order valence-electron chi connectivity index (χ0n) is 13.4. The second kappa shape index (κ2) is 5.29. The summed E-state index contributed by atoms with van der Waals surface area (Å²) in [4.78, 5) is 8.87. The Morgan fingerprint density at radius 2 is 1.73 bits per heavy atom. The van der Waals surface area contributed by atoms with Crippen LogP contribution in [0.25, 0.3) is 22.2 Å². The number of fused-ring (bicyclic) bond motifs is 1. The van der Waals surface area contributed by atoms with Crippen molar-refractivity contribution in [3.05, 3.63) is 40.4 Å². The van der Waals surface area contributed by atoms with Gasteiger partial charge in [-0.3, -0.25) is 0 Å². The molecule has 0 fully saturated rings. The fourth-order valence-corrected chi connectivity index (χ4v) is 3.35. The van der Waals surface area contributed by atoms with Gasteiger partial charge in [-0.05, 0) is 49.6 Å². The average molecular weight is 316 g/mol. The van der Waals surface area contributed by atoms with E-state index in [9.17, 15) is 0 Å². The highest BCUT2D eigenvalue weighted by Gasteiger charge is 2.18. The molecule has 0 amide bonds. The minimum atomic E-state index is 0.486. The first-order valence-corrected chi connectivity index (χ1v) is 7.45. The van der Waals surface area contributed by atoms with E-state index in [4.69, 9.17) is 16.3 Å². The van der Waals surface area contributed by atoms with Crippen molar-refractivity contribution in [1.29, 1.82) is 0 Å². The van der Waals surface area contributed by atoms with Crippen LogP contribution in [0, 0.1) is 20.8 Å². The van der Waals surface area contributed by atoms with Crippen molar-refractivity contribution >= 4 is 22.6 Å². The minimum absolute atomic E-state index is 0.486. The zero-order chi connectivity index (χ0) is 16.0. The molecule has 0 aliphatic heterocycles. The quantitative estimate of drug-likeness (QED) is 0.665. The van der Waals surface area contributed by atoms with E-state index in [1.807, 2.05) is 30.7 Å². The van der Waals surface area contributed by atoms with Crippen molar-refractivity contribution in [2.45, 2.75) is 20.8 Å². The topological polar surface area (TPSA) is 39.9 Å². The van der Waals surface area contributed by atoms with Gasteiger partial charge in [-0.2, -0.15) is 0 Å². The SMILES string of the molecule is COc1cc(C)c(-c2cn(C)c3c(Cl)nc(C)nc23)c(C)c1. The van der Waals surface area contributed by atoms with Crippen molar-refractivity contribution in [1.82, 2.24) is 14.5 Å². The van der Waals surface area contributed by atoms with Gasteiger partial charge in [-0.1, -0.05) is 11.6 Å². The van der Waals surface area contributed by atoms with Crippen molar-refractivity contribution < 1.29 is 4.74 Å². The Bertz CT molecular complexity index is 860. The fourth-order valence-electron chi connectivity index (χ4n) is 3.00. The third kappa shape index (κ3) is 2.24. The van der Waals surface area contributed by atoms with E-state index < -0.39 is 0 Å². The maximum absolute atomic E-state index is 6.30. The molecule has 0 atom stereocenters. The lowest BCUT2D eigenvalue weighted by atomic mass is 9.96. The third-order valence-electron chi connectivity index (χ3n) is 3.90. The van der Waals surface area contributed by atoms with Crippen LogP contribution in [0.5, 0.6) is 5.75 Å². The second-order valence-corrected chi connectivity index (χ2v) is 5.91. The molecule has 3 aromatic rings. The highest BCUT2D eigenvalue weighted by Crippen LogP contribution is 2.37. The molecule has 0 saturated carbocycles. The Morgan fingerprint density at radius 1 is 1.09 bits per heavy atom. The number of ether oxygens (including phenoxy) is 1. The normalized spacial score (nSPS) is 11.2. The lowest BCUT2D eigenvalue weighted by molar-refractivity contribution is 0.414. The molecule has 0 spiro atoms. The molecule has 3 rings (SSSR count).